The highest BCUT2D eigenvalue weighted by atomic mass is 32.2. The van der Waals surface area contributed by atoms with Gasteiger partial charge in [0.05, 0.1) is 16.4 Å². The summed E-state index contributed by atoms with van der Waals surface area (Å²) < 4.78 is 0. The number of thioether (sulfide) groups is 1. The number of hydrogen-bond acceptors (Lipinski definition) is 8. The van der Waals surface area contributed by atoms with Crippen LogP contribution in [0.4, 0.5) is 16.5 Å². The molecule has 1 aromatic heterocycles. The lowest BCUT2D eigenvalue weighted by Gasteiger charge is -2.12. The Labute approximate surface area is 272 Å². The number of nitrogens with zero attached hydrogens (tertiary/aromatic N) is 2. The van der Waals surface area contributed by atoms with Crippen LogP contribution in [0.2, 0.25) is 0 Å². The number of nitro benzene ring substituents is 1. The normalized spacial score (nSPS) is 11.0. The van der Waals surface area contributed by atoms with Crippen molar-refractivity contribution in [1.29, 1.82) is 0 Å². The Morgan fingerprint density at radius 1 is 0.891 bits per heavy atom. The van der Waals surface area contributed by atoms with E-state index in [1.807, 2.05) is 43.3 Å². The zero-order chi connectivity index (χ0) is 32.5. The van der Waals surface area contributed by atoms with E-state index in [0.717, 1.165) is 21.0 Å². The van der Waals surface area contributed by atoms with Crippen LogP contribution in [0, 0.1) is 17.0 Å². The minimum atomic E-state index is -0.601. The number of thiazole rings is 1. The molecular formula is C34H27N5O5S2. The second kappa shape index (κ2) is 14.9. The summed E-state index contributed by atoms with van der Waals surface area (Å²) in [5, 5.41) is 19.9. The molecule has 4 aromatic carbocycles. The number of aromatic nitrogens is 1. The van der Waals surface area contributed by atoms with E-state index in [4.69, 9.17) is 0 Å². The number of carbonyl (C=O) groups excluding carboxylic acids is 3. The van der Waals surface area contributed by atoms with Gasteiger partial charge in [-0.05, 0) is 61.0 Å². The van der Waals surface area contributed by atoms with Crippen LogP contribution in [-0.2, 0) is 9.59 Å². The molecule has 3 amide bonds. The Morgan fingerprint density at radius 3 is 2.28 bits per heavy atom. The van der Waals surface area contributed by atoms with E-state index < -0.39 is 16.7 Å². The molecule has 0 aliphatic carbocycles. The van der Waals surface area contributed by atoms with Gasteiger partial charge in [0, 0.05) is 38.7 Å². The average molecular weight is 650 g/mol. The highest BCUT2D eigenvalue weighted by Gasteiger charge is 2.17. The molecule has 5 aromatic rings. The number of benzene rings is 4. The van der Waals surface area contributed by atoms with Crippen molar-refractivity contribution < 1.29 is 19.3 Å². The van der Waals surface area contributed by atoms with Gasteiger partial charge in [0.1, 0.15) is 5.70 Å². The first-order valence-corrected chi connectivity index (χ1v) is 15.7. The third-order valence-electron chi connectivity index (χ3n) is 6.50. The van der Waals surface area contributed by atoms with E-state index in [-0.39, 0.29) is 23.0 Å². The summed E-state index contributed by atoms with van der Waals surface area (Å²) >= 11 is 2.70. The quantitative estimate of drug-likeness (QED) is 0.0596. The number of aryl methyl sites for hydroxylation is 1. The lowest BCUT2D eigenvalue weighted by Crippen LogP contribution is -2.30. The van der Waals surface area contributed by atoms with Gasteiger partial charge < -0.3 is 16.0 Å². The van der Waals surface area contributed by atoms with Gasteiger partial charge in [-0.25, -0.2) is 4.98 Å². The smallest absolute Gasteiger partial charge is 0.272 e. The molecule has 12 heteroatoms. The second-order valence-electron chi connectivity index (χ2n) is 9.84. The SMILES string of the molecule is Cc1sc(NC(=O)CSc2cccc(NC(=O)/C(=C\c3ccc([N+](=O)[O-])cc3)NC(=O)c3ccccc3)c2)nc1-c1ccccc1. The van der Waals surface area contributed by atoms with Gasteiger partial charge in [-0.15, -0.1) is 23.1 Å². The molecule has 0 bridgehead atoms. The minimum Gasteiger partial charge on any atom is -0.321 e. The van der Waals surface area contributed by atoms with Gasteiger partial charge in [0.15, 0.2) is 5.13 Å². The molecule has 0 saturated carbocycles. The molecule has 0 spiro atoms. The fraction of sp³-hybridized carbons (Fsp3) is 0.0588. The summed E-state index contributed by atoms with van der Waals surface area (Å²) in [4.78, 5) is 55.9. The predicted molar refractivity (Wildman–Crippen MR) is 182 cm³/mol. The lowest BCUT2D eigenvalue weighted by molar-refractivity contribution is -0.384. The Balaban J connectivity index is 1.25. The molecule has 1 heterocycles. The van der Waals surface area contributed by atoms with Crippen LogP contribution in [0.25, 0.3) is 17.3 Å². The number of carbonyl (C=O) groups is 3. The Hall–Kier alpha value is -5.59. The summed E-state index contributed by atoms with van der Waals surface area (Å²) in [6.45, 7) is 1.96. The van der Waals surface area contributed by atoms with Crippen molar-refractivity contribution in [2.75, 3.05) is 16.4 Å². The van der Waals surface area contributed by atoms with Crippen molar-refractivity contribution in [1.82, 2.24) is 10.3 Å². The largest absolute Gasteiger partial charge is 0.321 e. The van der Waals surface area contributed by atoms with Crippen LogP contribution in [-0.4, -0.2) is 33.4 Å². The van der Waals surface area contributed by atoms with E-state index in [2.05, 4.69) is 20.9 Å². The number of anilines is 2. The number of non-ortho nitro benzene ring substituents is 1. The van der Waals surface area contributed by atoms with E-state index >= 15 is 0 Å². The van der Waals surface area contributed by atoms with Crippen molar-refractivity contribution >= 4 is 63.4 Å². The first-order chi connectivity index (χ1) is 22.2. The fourth-order valence-corrected chi connectivity index (χ4v) is 5.89. The minimum absolute atomic E-state index is 0.0613. The van der Waals surface area contributed by atoms with Crippen LogP contribution in [0.3, 0.4) is 0 Å². The number of amides is 3. The van der Waals surface area contributed by atoms with Crippen LogP contribution >= 0.6 is 23.1 Å². The van der Waals surface area contributed by atoms with Crippen molar-refractivity contribution in [3.05, 3.63) is 141 Å². The zero-order valence-electron chi connectivity index (χ0n) is 24.4. The van der Waals surface area contributed by atoms with Gasteiger partial charge >= 0.3 is 0 Å². The first-order valence-electron chi connectivity index (χ1n) is 13.9. The molecule has 0 unspecified atom stereocenters. The van der Waals surface area contributed by atoms with E-state index in [0.29, 0.717) is 21.9 Å². The maximum Gasteiger partial charge on any atom is 0.272 e. The third kappa shape index (κ3) is 8.52. The molecule has 46 heavy (non-hydrogen) atoms. The molecule has 10 nitrogen and oxygen atoms in total. The second-order valence-corrected chi connectivity index (χ2v) is 12.1. The lowest BCUT2D eigenvalue weighted by atomic mass is 10.1. The average Bonchev–Trinajstić information content (AvgIpc) is 3.44. The van der Waals surface area contributed by atoms with Crippen molar-refractivity contribution in [2.45, 2.75) is 11.8 Å². The third-order valence-corrected chi connectivity index (χ3v) is 8.38. The van der Waals surface area contributed by atoms with Crippen molar-refractivity contribution in [2.24, 2.45) is 0 Å². The number of rotatable bonds is 11. The van der Waals surface area contributed by atoms with Crippen molar-refractivity contribution in [3.63, 3.8) is 0 Å². The molecule has 0 saturated heterocycles. The van der Waals surface area contributed by atoms with Gasteiger partial charge in [-0.2, -0.15) is 0 Å². The molecule has 0 radical (unpaired) electrons. The van der Waals surface area contributed by atoms with E-state index in [9.17, 15) is 24.5 Å². The monoisotopic (exact) mass is 649 g/mol. The molecule has 3 N–H and O–H groups in total. The Kier molecular flexibility index (Phi) is 10.3. The number of nitrogens with one attached hydrogen (secondary N) is 3. The topological polar surface area (TPSA) is 143 Å². The fourth-order valence-electron chi connectivity index (χ4n) is 4.28. The molecule has 0 aliphatic heterocycles. The van der Waals surface area contributed by atoms with E-state index in [1.165, 1.54) is 53.4 Å². The Morgan fingerprint density at radius 2 is 1.59 bits per heavy atom. The molecule has 0 fully saturated rings. The van der Waals surface area contributed by atoms with E-state index in [1.54, 1.807) is 48.5 Å². The first kappa shape index (κ1) is 31.8. The van der Waals surface area contributed by atoms with Gasteiger partial charge in [0.25, 0.3) is 17.5 Å². The number of hydrogen-bond donors (Lipinski definition) is 3. The summed E-state index contributed by atoms with van der Waals surface area (Å²) in [7, 11) is 0. The maximum atomic E-state index is 13.4. The molecule has 5 rings (SSSR count). The number of nitro groups is 1. The molecule has 0 aliphatic rings. The standard InChI is InChI=1S/C34H27N5O5S2/c1-22-31(24-9-4-2-5-10-24)38-34(46-22)37-30(40)21-45-28-14-8-13-26(20-28)35-33(42)29(36-32(41)25-11-6-3-7-12-25)19-23-15-17-27(18-16-23)39(43)44/h2-20H,21H2,1H3,(H,35,42)(H,36,41)(H,37,38,40)/b29-19+. The zero-order valence-corrected chi connectivity index (χ0v) is 26.1. The molecule has 0 atom stereocenters. The summed E-state index contributed by atoms with van der Waals surface area (Å²) in [6, 6.07) is 30.8. The highest BCUT2D eigenvalue weighted by Crippen LogP contribution is 2.30. The van der Waals surface area contributed by atoms with Crippen LogP contribution in [0.1, 0.15) is 20.8 Å². The van der Waals surface area contributed by atoms with Crippen LogP contribution in [0.5, 0.6) is 0 Å². The van der Waals surface area contributed by atoms with Crippen LogP contribution < -0.4 is 16.0 Å². The van der Waals surface area contributed by atoms with Gasteiger partial charge in [0.2, 0.25) is 5.91 Å². The maximum absolute atomic E-state index is 13.4. The summed E-state index contributed by atoms with van der Waals surface area (Å²) in [6.07, 6.45) is 1.44. The van der Waals surface area contributed by atoms with Gasteiger partial charge in [-0.1, -0.05) is 54.6 Å². The predicted octanol–water partition coefficient (Wildman–Crippen LogP) is 7.17. The highest BCUT2D eigenvalue weighted by molar-refractivity contribution is 8.00. The summed E-state index contributed by atoms with van der Waals surface area (Å²) in [5.74, 6) is -1.19. The molecular weight excluding hydrogens is 623 g/mol. The summed E-state index contributed by atoms with van der Waals surface area (Å²) in [5.41, 5.74) is 2.93. The van der Waals surface area contributed by atoms with Gasteiger partial charge in [-0.3, -0.25) is 24.5 Å². The molecule has 230 valence electrons. The Bertz CT molecular complexity index is 1910. The van der Waals surface area contributed by atoms with Crippen molar-refractivity contribution in [3.8, 4) is 11.3 Å². The van der Waals surface area contributed by atoms with Crippen LogP contribution in [0.15, 0.2) is 120 Å².